The fourth-order valence-electron chi connectivity index (χ4n) is 4.77. The lowest BCUT2D eigenvalue weighted by Crippen LogP contribution is -2.59. The Labute approximate surface area is 262 Å². The van der Waals surface area contributed by atoms with Gasteiger partial charge in [0, 0.05) is 36.6 Å². The smallest absolute Gasteiger partial charge is 0.408 e. The molecule has 2 N–H and O–H groups in total. The maximum absolute atomic E-state index is 13.4. The number of morpholine rings is 1. The molecule has 4 rings (SSSR count). The molecule has 1 fully saturated rings. The van der Waals surface area contributed by atoms with E-state index in [1.54, 1.807) is 76.0 Å². The molecule has 1 aliphatic rings. The van der Waals surface area contributed by atoms with Crippen LogP contribution in [0.1, 0.15) is 50.8 Å². The monoisotopic (exact) mass is 614 g/mol. The summed E-state index contributed by atoms with van der Waals surface area (Å²) in [6.45, 7) is 9.43. The van der Waals surface area contributed by atoms with Gasteiger partial charge in [-0.15, -0.1) is 4.91 Å². The van der Waals surface area contributed by atoms with Crippen LogP contribution < -0.4 is 10.6 Å². The van der Waals surface area contributed by atoms with Crippen molar-refractivity contribution in [3.63, 3.8) is 0 Å². The first kappa shape index (κ1) is 32.9. The predicted molar refractivity (Wildman–Crippen MR) is 170 cm³/mol. The summed E-state index contributed by atoms with van der Waals surface area (Å²) in [6, 6.07) is 10.6. The Hall–Kier alpha value is -5.02. The number of hydrogen-bond donors (Lipinski definition) is 2. The summed E-state index contributed by atoms with van der Waals surface area (Å²) in [6.07, 6.45) is 1.41. The molecule has 45 heavy (non-hydrogen) atoms. The summed E-state index contributed by atoms with van der Waals surface area (Å²) in [5, 5.41) is 13.1. The average Bonchev–Trinajstić information content (AvgIpc) is 3.38. The van der Waals surface area contributed by atoms with Crippen molar-refractivity contribution in [2.24, 2.45) is 12.2 Å². The van der Waals surface area contributed by atoms with E-state index in [1.165, 1.54) is 4.90 Å². The van der Waals surface area contributed by atoms with E-state index in [9.17, 15) is 19.3 Å². The highest BCUT2D eigenvalue weighted by molar-refractivity contribution is 5.98. The van der Waals surface area contributed by atoms with Crippen LogP contribution in [-0.4, -0.2) is 70.0 Å². The summed E-state index contributed by atoms with van der Waals surface area (Å²) in [7, 11) is 1.78. The molecule has 0 aliphatic carbocycles. The van der Waals surface area contributed by atoms with Gasteiger partial charge >= 0.3 is 6.09 Å². The van der Waals surface area contributed by atoms with Crippen molar-refractivity contribution in [2.45, 2.75) is 58.7 Å². The van der Waals surface area contributed by atoms with Gasteiger partial charge in [-0.25, -0.2) is 4.79 Å². The number of aryl methyl sites for hydroxylation is 2. The van der Waals surface area contributed by atoms with Gasteiger partial charge in [0.1, 0.15) is 29.1 Å². The molecule has 3 aromatic rings. The second-order valence-corrected chi connectivity index (χ2v) is 11.7. The Morgan fingerprint density at radius 3 is 2.56 bits per heavy atom. The highest BCUT2D eigenvalue weighted by Crippen LogP contribution is 2.32. The number of nitrogens with zero attached hydrogens (tertiary/aromatic N) is 4. The van der Waals surface area contributed by atoms with Crippen molar-refractivity contribution in [2.75, 3.05) is 25.1 Å². The molecule has 3 amide bonds. The van der Waals surface area contributed by atoms with Gasteiger partial charge in [-0.2, -0.15) is 5.10 Å². The minimum atomic E-state index is -0.878. The zero-order valence-electron chi connectivity index (χ0n) is 26.3. The van der Waals surface area contributed by atoms with Gasteiger partial charge in [-0.1, -0.05) is 30.4 Å². The SMILES string of the molecule is CC[C@@H](NC(=O)OC(C)(C)C)C(=O)N1CCOC[C@H]1C(=O)Nc1ccc(C#Cc2cn(C)nc2-c2cc(C)ccc2N=O)cc1. The molecule has 0 radical (unpaired) electrons. The summed E-state index contributed by atoms with van der Waals surface area (Å²) >= 11 is 0. The van der Waals surface area contributed by atoms with Crippen molar-refractivity contribution in [1.82, 2.24) is 20.0 Å². The van der Waals surface area contributed by atoms with E-state index in [0.29, 0.717) is 34.5 Å². The Morgan fingerprint density at radius 2 is 1.89 bits per heavy atom. The number of carbonyl (C=O) groups excluding carboxylic acids is 3. The molecular weight excluding hydrogens is 576 g/mol. The van der Waals surface area contributed by atoms with Gasteiger partial charge in [0.05, 0.1) is 18.8 Å². The van der Waals surface area contributed by atoms with E-state index < -0.39 is 29.7 Å². The third-order valence-electron chi connectivity index (χ3n) is 6.94. The van der Waals surface area contributed by atoms with Crippen LogP contribution in [-0.2, 0) is 26.1 Å². The number of hydrogen-bond acceptors (Lipinski definition) is 8. The Morgan fingerprint density at radius 1 is 1.16 bits per heavy atom. The second kappa shape index (κ2) is 14.2. The van der Waals surface area contributed by atoms with Gasteiger partial charge in [-0.05, 0) is 75.7 Å². The van der Waals surface area contributed by atoms with Crippen molar-refractivity contribution >= 4 is 29.3 Å². The minimum absolute atomic E-state index is 0.0275. The van der Waals surface area contributed by atoms with Gasteiger partial charge in [0.2, 0.25) is 11.8 Å². The number of rotatable bonds is 7. The third-order valence-corrected chi connectivity index (χ3v) is 6.94. The Bertz CT molecular complexity index is 1630. The van der Waals surface area contributed by atoms with E-state index in [-0.39, 0.29) is 31.4 Å². The quantitative estimate of drug-likeness (QED) is 0.291. The average molecular weight is 615 g/mol. The van der Waals surface area contributed by atoms with Crippen LogP contribution in [0.3, 0.4) is 0 Å². The molecule has 12 heteroatoms. The molecule has 0 spiro atoms. The molecule has 236 valence electrons. The summed E-state index contributed by atoms with van der Waals surface area (Å²) in [5.74, 6) is 5.45. The van der Waals surface area contributed by atoms with Crippen molar-refractivity contribution < 1.29 is 23.9 Å². The first-order valence-electron chi connectivity index (χ1n) is 14.7. The number of anilines is 1. The van der Waals surface area contributed by atoms with E-state index >= 15 is 0 Å². The van der Waals surface area contributed by atoms with E-state index in [1.807, 2.05) is 19.1 Å². The molecule has 2 heterocycles. The predicted octanol–water partition coefficient (Wildman–Crippen LogP) is 4.66. The lowest BCUT2D eigenvalue weighted by atomic mass is 10.0. The maximum Gasteiger partial charge on any atom is 0.408 e. The van der Waals surface area contributed by atoms with Crippen LogP contribution in [0.4, 0.5) is 16.2 Å². The number of alkyl carbamates (subject to hydrolysis) is 1. The fourth-order valence-corrected chi connectivity index (χ4v) is 4.77. The zero-order chi connectivity index (χ0) is 32.7. The highest BCUT2D eigenvalue weighted by Gasteiger charge is 2.36. The fraction of sp³-hybridized carbons (Fsp3) is 0.394. The number of ether oxygens (including phenoxy) is 2. The van der Waals surface area contributed by atoms with E-state index in [0.717, 1.165) is 5.56 Å². The van der Waals surface area contributed by atoms with Crippen molar-refractivity contribution in [3.05, 3.63) is 70.3 Å². The van der Waals surface area contributed by atoms with Crippen LogP contribution in [0.15, 0.2) is 53.8 Å². The summed E-state index contributed by atoms with van der Waals surface area (Å²) in [4.78, 5) is 51.8. The number of carbonyl (C=O) groups is 3. The molecule has 1 aromatic heterocycles. The Balaban J connectivity index is 1.45. The lowest BCUT2D eigenvalue weighted by Gasteiger charge is -2.36. The first-order chi connectivity index (χ1) is 21.4. The third kappa shape index (κ3) is 8.55. The molecular formula is C33H38N6O6. The van der Waals surface area contributed by atoms with Gasteiger partial charge in [-0.3, -0.25) is 14.3 Å². The van der Waals surface area contributed by atoms with Gasteiger partial charge in [0.15, 0.2) is 0 Å². The minimum Gasteiger partial charge on any atom is -0.444 e. The molecule has 2 aromatic carbocycles. The molecule has 12 nitrogen and oxygen atoms in total. The molecule has 1 aliphatic heterocycles. The first-order valence-corrected chi connectivity index (χ1v) is 14.7. The van der Waals surface area contributed by atoms with Gasteiger partial charge < -0.3 is 25.0 Å². The molecule has 2 atom stereocenters. The molecule has 1 saturated heterocycles. The standard InChI is InChI=1S/C33H38N6O6/c1-7-26(35-32(42)45-33(3,4)5)31(41)39-16-17-44-20-28(39)30(40)34-24-13-10-22(11-14-24)9-12-23-19-38(6)36-29(23)25-18-21(2)8-15-27(25)37-43/h8,10-11,13-15,18-19,26,28H,7,16-17,20H2,1-6H3,(H,34,40)(H,35,42)/t26-,28+/m1/s1. The highest BCUT2D eigenvalue weighted by atomic mass is 16.6. The van der Waals surface area contributed by atoms with Crippen LogP contribution in [0, 0.1) is 23.7 Å². The van der Waals surface area contributed by atoms with Crippen LogP contribution >= 0.6 is 0 Å². The maximum atomic E-state index is 13.4. The second-order valence-electron chi connectivity index (χ2n) is 11.7. The number of nitroso groups, excluding NO2 is 1. The van der Waals surface area contributed by atoms with Crippen molar-refractivity contribution in [3.8, 4) is 23.1 Å². The molecule has 0 unspecified atom stereocenters. The Kier molecular flexibility index (Phi) is 10.4. The summed E-state index contributed by atoms with van der Waals surface area (Å²) in [5.41, 5.74) is 3.56. The van der Waals surface area contributed by atoms with Crippen LogP contribution in [0.25, 0.3) is 11.3 Å². The number of nitrogens with one attached hydrogen (secondary N) is 2. The zero-order valence-corrected chi connectivity index (χ0v) is 26.3. The lowest BCUT2D eigenvalue weighted by molar-refractivity contribution is -0.148. The normalized spacial score (nSPS) is 15.3. The summed E-state index contributed by atoms with van der Waals surface area (Å²) < 4.78 is 12.5. The van der Waals surface area contributed by atoms with Gasteiger partial charge in [0.25, 0.3) is 0 Å². The molecule has 0 saturated carbocycles. The van der Waals surface area contributed by atoms with Crippen molar-refractivity contribution in [1.29, 1.82) is 0 Å². The number of aromatic nitrogens is 2. The van der Waals surface area contributed by atoms with Crippen LogP contribution in [0.2, 0.25) is 0 Å². The van der Waals surface area contributed by atoms with Crippen LogP contribution in [0.5, 0.6) is 0 Å². The van der Waals surface area contributed by atoms with E-state index in [4.69, 9.17) is 9.47 Å². The molecule has 0 bridgehead atoms. The number of amides is 3. The number of benzene rings is 2. The van der Waals surface area contributed by atoms with E-state index in [2.05, 4.69) is 32.8 Å². The largest absolute Gasteiger partial charge is 0.444 e. The topological polar surface area (TPSA) is 144 Å².